The van der Waals surface area contributed by atoms with Crippen molar-refractivity contribution in [2.24, 2.45) is 0 Å². The molecule has 0 fully saturated rings. The Morgan fingerprint density at radius 1 is 1.00 bits per heavy atom. The minimum absolute atomic E-state index is 0.0288. The van der Waals surface area contributed by atoms with Gasteiger partial charge in [-0.3, -0.25) is 0 Å². The SMILES string of the molecule is O=C(O)c1ccc(OCCOc2cccc(F)c2F)cc1. The summed E-state index contributed by atoms with van der Waals surface area (Å²) in [5.41, 5.74) is 0.153. The fourth-order valence-electron chi connectivity index (χ4n) is 1.60. The standard InChI is InChI=1S/C15H12F2O4/c16-12-2-1-3-13(14(12)17)21-9-8-20-11-6-4-10(5-7-11)15(18)19/h1-7H,8-9H2,(H,18,19). The van der Waals surface area contributed by atoms with Gasteiger partial charge in [0.15, 0.2) is 11.6 Å². The number of carboxylic acid groups (broad SMARTS) is 1. The van der Waals surface area contributed by atoms with Crippen LogP contribution < -0.4 is 9.47 Å². The molecule has 0 atom stereocenters. The van der Waals surface area contributed by atoms with Crippen molar-refractivity contribution in [3.05, 3.63) is 59.7 Å². The predicted octanol–water partition coefficient (Wildman–Crippen LogP) is 3.12. The molecule has 0 aliphatic rings. The molecule has 1 N–H and O–H groups in total. The Morgan fingerprint density at radius 3 is 2.33 bits per heavy atom. The molecular formula is C15H12F2O4. The number of rotatable bonds is 6. The third-order valence-electron chi connectivity index (χ3n) is 2.63. The molecule has 0 saturated heterocycles. The largest absolute Gasteiger partial charge is 0.490 e. The summed E-state index contributed by atoms with van der Waals surface area (Å²) in [6.07, 6.45) is 0. The lowest BCUT2D eigenvalue weighted by Gasteiger charge is -2.09. The summed E-state index contributed by atoms with van der Waals surface area (Å²) in [6.45, 7) is 0.142. The molecule has 4 nitrogen and oxygen atoms in total. The van der Waals surface area contributed by atoms with Gasteiger partial charge < -0.3 is 14.6 Å². The van der Waals surface area contributed by atoms with Gasteiger partial charge in [-0.2, -0.15) is 4.39 Å². The van der Waals surface area contributed by atoms with E-state index in [-0.39, 0.29) is 24.5 Å². The monoisotopic (exact) mass is 294 g/mol. The van der Waals surface area contributed by atoms with Crippen LogP contribution in [-0.2, 0) is 0 Å². The normalized spacial score (nSPS) is 10.2. The summed E-state index contributed by atoms with van der Waals surface area (Å²) < 4.78 is 36.6. The molecule has 0 aromatic heterocycles. The number of hydrogen-bond acceptors (Lipinski definition) is 3. The Bertz CT molecular complexity index is 626. The number of halogens is 2. The summed E-state index contributed by atoms with van der Waals surface area (Å²) >= 11 is 0. The van der Waals surface area contributed by atoms with E-state index in [0.717, 1.165) is 6.07 Å². The number of carbonyl (C=O) groups is 1. The molecule has 0 aliphatic carbocycles. The maximum atomic E-state index is 13.3. The van der Waals surface area contributed by atoms with Crippen LogP contribution in [0.15, 0.2) is 42.5 Å². The van der Waals surface area contributed by atoms with Crippen LogP contribution in [-0.4, -0.2) is 24.3 Å². The van der Waals surface area contributed by atoms with Crippen LogP contribution in [0.25, 0.3) is 0 Å². The van der Waals surface area contributed by atoms with E-state index in [4.69, 9.17) is 14.6 Å². The fourth-order valence-corrected chi connectivity index (χ4v) is 1.60. The molecular weight excluding hydrogens is 282 g/mol. The minimum atomic E-state index is -1.04. The van der Waals surface area contributed by atoms with Gasteiger partial charge in [0.1, 0.15) is 19.0 Å². The van der Waals surface area contributed by atoms with Gasteiger partial charge in [0.05, 0.1) is 5.56 Å². The molecule has 6 heteroatoms. The smallest absolute Gasteiger partial charge is 0.335 e. The highest BCUT2D eigenvalue weighted by Gasteiger charge is 2.08. The Morgan fingerprint density at radius 2 is 1.67 bits per heavy atom. The fraction of sp³-hybridized carbons (Fsp3) is 0.133. The first kappa shape index (κ1) is 14.8. The summed E-state index contributed by atoms with van der Waals surface area (Å²) in [7, 11) is 0. The Kier molecular flexibility index (Phi) is 4.71. The van der Waals surface area contributed by atoms with Crippen molar-refractivity contribution in [2.45, 2.75) is 0 Å². The van der Waals surface area contributed by atoms with Crippen molar-refractivity contribution in [3.8, 4) is 11.5 Å². The van der Waals surface area contributed by atoms with Gasteiger partial charge in [-0.15, -0.1) is 0 Å². The molecule has 0 amide bonds. The van der Waals surface area contributed by atoms with Crippen LogP contribution >= 0.6 is 0 Å². The number of hydrogen-bond donors (Lipinski definition) is 1. The summed E-state index contributed by atoms with van der Waals surface area (Å²) in [6, 6.07) is 9.50. The molecule has 0 unspecified atom stereocenters. The molecule has 0 heterocycles. The third-order valence-corrected chi connectivity index (χ3v) is 2.63. The van der Waals surface area contributed by atoms with Crippen LogP contribution in [0.4, 0.5) is 8.78 Å². The van der Waals surface area contributed by atoms with Crippen molar-refractivity contribution < 1.29 is 28.2 Å². The molecule has 21 heavy (non-hydrogen) atoms. The van der Waals surface area contributed by atoms with Crippen LogP contribution in [0, 0.1) is 11.6 Å². The molecule has 0 aliphatic heterocycles. The lowest BCUT2D eigenvalue weighted by molar-refractivity contribution is 0.0697. The zero-order chi connectivity index (χ0) is 15.2. The molecule has 0 spiro atoms. The minimum Gasteiger partial charge on any atom is -0.490 e. The zero-order valence-corrected chi connectivity index (χ0v) is 10.9. The van der Waals surface area contributed by atoms with Gasteiger partial charge in [-0.1, -0.05) is 6.07 Å². The van der Waals surface area contributed by atoms with Gasteiger partial charge in [0.25, 0.3) is 0 Å². The van der Waals surface area contributed by atoms with Crippen LogP contribution in [0.1, 0.15) is 10.4 Å². The van der Waals surface area contributed by atoms with Gasteiger partial charge in [-0.25, -0.2) is 9.18 Å². The highest BCUT2D eigenvalue weighted by Crippen LogP contribution is 2.19. The molecule has 0 saturated carbocycles. The average Bonchev–Trinajstić information content (AvgIpc) is 2.48. The molecule has 2 aromatic rings. The number of ether oxygens (including phenoxy) is 2. The lowest BCUT2D eigenvalue weighted by Crippen LogP contribution is -2.10. The van der Waals surface area contributed by atoms with E-state index >= 15 is 0 Å². The predicted molar refractivity (Wildman–Crippen MR) is 70.7 cm³/mol. The van der Waals surface area contributed by atoms with E-state index in [9.17, 15) is 13.6 Å². The van der Waals surface area contributed by atoms with Crippen molar-refractivity contribution in [2.75, 3.05) is 13.2 Å². The molecule has 110 valence electrons. The topological polar surface area (TPSA) is 55.8 Å². The number of benzene rings is 2. The van der Waals surface area contributed by atoms with Gasteiger partial charge in [-0.05, 0) is 36.4 Å². The summed E-state index contributed by atoms with van der Waals surface area (Å²) in [5.74, 6) is -2.75. The molecule has 0 bridgehead atoms. The van der Waals surface area contributed by atoms with Crippen molar-refractivity contribution in [1.29, 1.82) is 0 Å². The first-order valence-electron chi connectivity index (χ1n) is 6.11. The van der Waals surface area contributed by atoms with E-state index in [1.165, 1.54) is 36.4 Å². The maximum absolute atomic E-state index is 13.3. The van der Waals surface area contributed by atoms with Crippen molar-refractivity contribution in [1.82, 2.24) is 0 Å². The quantitative estimate of drug-likeness (QED) is 0.832. The second-order valence-electron chi connectivity index (χ2n) is 4.08. The van der Waals surface area contributed by atoms with Gasteiger partial charge >= 0.3 is 5.97 Å². The number of carboxylic acids is 1. The van der Waals surface area contributed by atoms with E-state index in [2.05, 4.69) is 0 Å². The second kappa shape index (κ2) is 6.69. The zero-order valence-electron chi connectivity index (χ0n) is 10.9. The second-order valence-corrected chi connectivity index (χ2v) is 4.08. The molecule has 2 rings (SSSR count). The Labute approximate surface area is 119 Å². The van der Waals surface area contributed by atoms with Crippen LogP contribution in [0.2, 0.25) is 0 Å². The average molecular weight is 294 g/mol. The van der Waals surface area contributed by atoms with E-state index in [1.54, 1.807) is 0 Å². The third kappa shape index (κ3) is 3.92. The highest BCUT2D eigenvalue weighted by atomic mass is 19.2. The summed E-state index contributed by atoms with van der Waals surface area (Å²) in [5, 5.41) is 8.74. The maximum Gasteiger partial charge on any atom is 0.335 e. The highest BCUT2D eigenvalue weighted by molar-refractivity contribution is 5.87. The first-order chi connectivity index (χ1) is 10.1. The van der Waals surface area contributed by atoms with Crippen LogP contribution in [0.3, 0.4) is 0 Å². The van der Waals surface area contributed by atoms with Gasteiger partial charge in [0, 0.05) is 0 Å². The van der Waals surface area contributed by atoms with E-state index < -0.39 is 17.6 Å². The van der Waals surface area contributed by atoms with Crippen molar-refractivity contribution >= 4 is 5.97 Å². The van der Waals surface area contributed by atoms with Crippen molar-refractivity contribution in [3.63, 3.8) is 0 Å². The van der Waals surface area contributed by atoms with Crippen LogP contribution in [0.5, 0.6) is 11.5 Å². The first-order valence-corrected chi connectivity index (χ1v) is 6.11. The Balaban J connectivity index is 1.82. The van der Waals surface area contributed by atoms with E-state index in [1.807, 2.05) is 0 Å². The summed E-state index contributed by atoms with van der Waals surface area (Å²) in [4.78, 5) is 10.7. The number of aromatic carboxylic acids is 1. The molecule has 0 radical (unpaired) electrons. The Hall–Kier alpha value is -2.63. The van der Waals surface area contributed by atoms with E-state index in [0.29, 0.717) is 5.75 Å². The lowest BCUT2D eigenvalue weighted by atomic mass is 10.2. The van der Waals surface area contributed by atoms with Gasteiger partial charge in [0.2, 0.25) is 5.82 Å². The molecule has 2 aromatic carbocycles.